The molecule has 244 valence electrons. The van der Waals surface area contributed by atoms with Gasteiger partial charge in [-0.1, -0.05) is 11.6 Å². The van der Waals surface area contributed by atoms with Gasteiger partial charge in [-0.2, -0.15) is 0 Å². The van der Waals surface area contributed by atoms with Crippen LogP contribution in [0.5, 0.6) is 29.1 Å². The van der Waals surface area contributed by atoms with Crippen LogP contribution in [0.4, 0.5) is 20.7 Å². The van der Waals surface area contributed by atoms with Gasteiger partial charge in [0.25, 0.3) is 0 Å². The third-order valence-electron chi connectivity index (χ3n) is 6.85. The Kier molecular flexibility index (Phi) is 8.56. The molecule has 4 heterocycles. The van der Waals surface area contributed by atoms with Crippen molar-refractivity contribution in [3.05, 3.63) is 66.1 Å². The van der Waals surface area contributed by atoms with Crippen molar-refractivity contribution >= 4 is 40.1 Å². The molecule has 0 spiro atoms. The summed E-state index contributed by atoms with van der Waals surface area (Å²) in [6.45, 7) is 6.13. The Morgan fingerprint density at radius 3 is 2.47 bits per heavy atom. The van der Waals surface area contributed by atoms with Gasteiger partial charge >= 0.3 is 12.1 Å². The summed E-state index contributed by atoms with van der Waals surface area (Å²) < 4.78 is 44.9. The zero-order chi connectivity index (χ0) is 33.3. The molecule has 0 unspecified atom stereocenters. The molecule has 47 heavy (non-hydrogen) atoms. The number of methoxy groups -OCH3 is 2. The van der Waals surface area contributed by atoms with Crippen LogP contribution >= 0.6 is 11.6 Å². The molecule has 0 radical (unpaired) electrons. The fraction of sp³-hybridized carbons (Fsp3) is 0.290. The maximum atomic E-state index is 15.6. The minimum absolute atomic E-state index is 0.0496. The van der Waals surface area contributed by atoms with Gasteiger partial charge in [-0.3, -0.25) is 0 Å². The van der Waals surface area contributed by atoms with Gasteiger partial charge in [0, 0.05) is 23.7 Å². The number of halogens is 2. The molecule has 5 aromatic rings. The summed E-state index contributed by atoms with van der Waals surface area (Å²) in [4.78, 5) is 30.7. The molecule has 0 bridgehead atoms. The van der Waals surface area contributed by atoms with Gasteiger partial charge in [0.15, 0.2) is 23.1 Å². The lowest BCUT2D eigenvalue weighted by Gasteiger charge is -2.39. The average Bonchev–Trinajstić information content (AvgIpc) is 3.49. The Morgan fingerprint density at radius 1 is 1.00 bits per heavy atom. The van der Waals surface area contributed by atoms with Crippen molar-refractivity contribution in [1.29, 1.82) is 0 Å². The molecule has 1 N–H and O–H groups in total. The van der Waals surface area contributed by atoms with Gasteiger partial charge < -0.3 is 33.9 Å². The number of ether oxygens (including phenoxy) is 5. The zero-order valence-electron chi connectivity index (χ0n) is 26.0. The number of amides is 1. The van der Waals surface area contributed by atoms with Crippen LogP contribution in [0.3, 0.4) is 0 Å². The number of aromatic nitrogens is 6. The van der Waals surface area contributed by atoms with Crippen LogP contribution in [0.15, 0.2) is 55.2 Å². The van der Waals surface area contributed by atoms with Gasteiger partial charge in [0.1, 0.15) is 34.6 Å². The first-order valence-corrected chi connectivity index (χ1v) is 14.7. The number of hydrogen-bond acceptors (Lipinski definition) is 12. The average molecular weight is 665 g/mol. The molecule has 16 heteroatoms. The van der Waals surface area contributed by atoms with E-state index in [4.69, 9.17) is 35.3 Å². The molecule has 1 aliphatic rings. The van der Waals surface area contributed by atoms with E-state index < -0.39 is 17.5 Å². The normalized spacial score (nSPS) is 13.2. The first-order valence-electron chi connectivity index (χ1n) is 14.3. The van der Waals surface area contributed by atoms with Gasteiger partial charge in [-0.15, -0.1) is 5.10 Å². The van der Waals surface area contributed by atoms with E-state index in [1.807, 2.05) is 20.8 Å². The van der Waals surface area contributed by atoms with Crippen LogP contribution in [0.2, 0.25) is 5.02 Å². The van der Waals surface area contributed by atoms with Crippen LogP contribution < -0.4 is 24.3 Å². The highest BCUT2D eigenvalue weighted by Crippen LogP contribution is 2.39. The fourth-order valence-electron chi connectivity index (χ4n) is 4.57. The monoisotopic (exact) mass is 664 g/mol. The van der Waals surface area contributed by atoms with E-state index in [0.29, 0.717) is 47.0 Å². The first-order chi connectivity index (χ1) is 22.5. The highest BCUT2D eigenvalue weighted by atomic mass is 35.5. The van der Waals surface area contributed by atoms with Crippen LogP contribution in [0.1, 0.15) is 20.8 Å². The molecule has 6 rings (SSSR count). The Labute approximate surface area is 273 Å². The van der Waals surface area contributed by atoms with E-state index >= 15 is 4.39 Å². The van der Waals surface area contributed by atoms with Crippen molar-refractivity contribution in [2.24, 2.45) is 0 Å². The van der Waals surface area contributed by atoms with Crippen molar-refractivity contribution in [3.8, 4) is 34.8 Å². The van der Waals surface area contributed by atoms with Gasteiger partial charge in [-0.25, -0.2) is 33.8 Å². The number of likely N-dealkylation sites (tertiary alicyclic amines) is 1. The second-order valence-electron chi connectivity index (χ2n) is 11.4. The molecule has 0 saturated carbocycles. The SMILES string of the molecule is COc1ncc(-n2ccc(Oc3ccc(Nc4ncnc5cc(OC)c(OC6CN(C(=O)OC(C)(C)C)C6)cc45)c(F)c3Cl)n2)cn1. The maximum absolute atomic E-state index is 15.6. The second-order valence-corrected chi connectivity index (χ2v) is 11.7. The van der Waals surface area contributed by atoms with Crippen molar-refractivity contribution in [3.63, 3.8) is 0 Å². The molecule has 0 aliphatic carbocycles. The van der Waals surface area contributed by atoms with Crippen molar-refractivity contribution in [2.75, 3.05) is 32.6 Å². The lowest BCUT2D eigenvalue weighted by molar-refractivity contribution is -0.0225. The highest BCUT2D eigenvalue weighted by Gasteiger charge is 2.35. The third kappa shape index (κ3) is 6.89. The number of anilines is 2. The zero-order valence-corrected chi connectivity index (χ0v) is 26.8. The highest BCUT2D eigenvalue weighted by molar-refractivity contribution is 6.32. The lowest BCUT2D eigenvalue weighted by Crippen LogP contribution is -2.57. The number of benzene rings is 2. The summed E-state index contributed by atoms with van der Waals surface area (Å²) in [5, 5.41) is 7.59. The van der Waals surface area contributed by atoms with Crippen molar-refractivity contribution in [1.82, 2.24) is 34.6 Å². The minimum Gasteiger partial charge on any atom is -0.493 e. The molecule has 14 nitrogen and oxygen atoms in total. The molecule has 2 aromatic carbocycles. The Bertz CT molecular complexity index is 1930. The molecular formula is C31H30ClFN8O6. The van der Waals surface area contributed by atoms with E-state index in [9.17, 15) is 4.79 Å². The van der Waals surface area contributed by atoms with E-state index in [0.717, 1.165) is 0 Å². The summed E-state index contributed by atoms with van der Waals surface area (Å²) in [5.41, 5.74) is 0.550. The summed E-state index contributed by atoms with van der Waals surface area (Å²) in [6.07, 6.45) is 5.36. The van der Waals surface area contributed by atoms with Crippen molar-refractivity contribution in [2.45, 2.75) is 32.5 Å². The Balaban J connectivity index is 1.18. The van der Waals surface area contributed by atoms with Gasteiger partial charge in [0.05, 0.1) is 50.9 Å². The van der Waals surface area contributed by atoms with E-state index in [1.165, 1.54) is 49.8 Å². The molecule has 0 atom stereocenters. The lowest BCUT2D eigenvalue weighted by atomic mass is 10.1. The topological polar surface area (TPSA) is 148 Å². The molecule has 3 aromatic heterocycles. The van der Waals surface area contributed by atoms with Crippen LogP contribution in [0.25, 0.3) is 16.6 Å². The van der Waals surface area contributed by atoms with E-state index in [-0.39, 0.29) is 34.5 Å². The smallest absolute Gasteiger partial charge is 0.410 e. The molecule has 1 saturated heterocycles. The second kappa shape index (κ2) is 12.7. The third-order valence-corrected chi connectivity index (χ3v) is 7.21. The number of fused-ring (bicyclic) bond motifs is 1. The summed E-state index contributed by atoms with van der Waals surface area (Å²) in [7, 11) is 2.98. The first kappa shape index (κ1) is 31.5. The van der Waals surface area contributed by atoms with Gasteiger partial charge in [-0.05, 0) is 39.0 Å². The summed E-state index contributed by atoms with van der Waals surface area (Å²) >= 11 is 6.39. The number of hydrogen-bond donors (Lipinski definition) is 1. The number of nitrogens with one attached hydrogen (secondary N) is 1. The summed E-state index contributed by atoms with van der Waals surface area (Å²) in [6, 6.07) is 8.19. The molecule has 1 fully saturated rings. The maximum Gasteiger partial charge on any atom is 0.410 e. The molecule has 1 aliphatic heterocycles. The number of rotatable bonds is 9. The van der Waals surface area contributed by atoms with E-state index in [2.05, 4.69) is 30.4 Å². The predicted molar refractivity (Wildman–Crippen MR) is 169 cm³/mol. The minimum atomic E-state index is -0.763. The standard InChI is InChI=1S/C31H30ClFN8O6/c1-31(2,3)47-30(42)40-14-18(15-40)45-24-10-19-21(11-23(24)43-4)36-16-37-28(19)38-20-6-7-22(26(32)27(20)33)46-25-8-9-41(39-25)17-12-34-29(44-5)35-13-17/h6-13,16,18H,14-15H2,1-5H3,(H,36,37,38). The number of nitrogens with zero attached hydrogens (tertiary/aromatic N) is 7. The predicted octanol–water partition coefficient (Wildman–Crippen LogP) is 5.95. The van der Waals surface area contributed by atoms with Crippen LogP contribution in [0, 0.1) is 5.82 Å². The Hall–Kier alpha value is -5.44. The number of carbonyl (C=O) groups excluding carboxylic acids is 1. The van der Waals surface area contributed by atoms with Crippen LogP contribution in [-0.2, 0) is 4.74 Å². The largest absolute Gasteiger partial charge is 0.493 e. The molecule has 1 amide bonds. The fourth-order valence-corrected chi connectivity index (χ4v) is 4.77. The van der Waals surface area contributed by atoms with Gasteiger partial charge in [0.2, 0.25) is 5.88 Å². The molecular weight excluding hydrogens is 635 g/mol. The van der Waals surface area contributed by atoms with E-state index in [1.54, 1.807) is 29.3 Å². The van der Waals surface area contributed by atoms with Crippen molar-refractivity contribution < 1.29 is 32.9 Å². The summed E-state index contributed by atoms with van der Waals surface area (Å²) in [5.74, 6) is 0.618. The Morgan fingerprint density at radius 2 is 1.77 bits per heavy atom. The quantitative estimate of drug-likeness (QED) is 0.198. The number of carbonyl (C=O) groups is 1. The van der Waals surface area contributed by atoms with Crippen LogP contribution in [-0.4, -0.2) is 79.7 Å².